The lowest BCUT2D eigenvalue weighted by Gasteiger charge is -2.37. The summed E-state index contributed by atoms with van der Waals surface area (Å²) in [5.74, 6) is 1.44. The molecule has 0 saturated carbocycles. The summed E-state index contributed by atoms with van der Waals surface area (Å²) in [4.78, 5) is 2.36. The highest BCUT2D eigenvalue weighted by molar-refractivity contribution is 5.59. The summed E-state index contributed by atoms with van der Waals surface area (Å²) in [5.41, 5.74) is 1.90. The van der Waals surface area contributed by atoms with Crippen LogP contribution in [0.25, 0.3) is 0 Å². The molecule has 2 heteroatoms. The second-order valence-corrected chi connectivity index (χ2v) is 4.98. The first-order valence-electron chi connectivity index (χ1n) is 5.94. The van der Waals surface area contributed by atoms with Gasteiger partial charge in [0.05, 0.1) is 11.3 Å². The molecule has 2 rings (SSSR count). The molecule has 16 heavy (non-hydrogen) atoms. The maximum atomic E-state index is 9.10. The monoisotopic (exact) mass is 214 g/mol. The molecule has 0 radical (unpaired) electrons. The van der Waals surface area contributed by atoms with Gasteiger partial charge in [-0.3, -0.25) is 0 Å². The molecular weight excluding hydrogens is 196 g/mol. The smallest absolute Gasteiger partial charge is 0.101 e. The van der Waals surface area contributed by atoms with E-state index in [2.05, 4.69) is 30.9 Å². The van der Waals surface area contributed by atoms with Gasteiger partial charge in [-0.1, -0.05) is 26.0 Å². The van der Waals surface area contributed by atoms with Gasteiger partial charge in [0.25, 0.3) is 0 Å². The van der Waals surface area contributed by atoms with Crippen LogP contribution in [0.2, 0.25) is 0 Å². The molecule has 2 unspecified atom stereocenters. The second kappa shape index (κ2) is 4.57. The molecule has 1 aromatic carbocycles. The minimum atomic E-state index is 0.718. The lowest BCUT2D eigenvalue weighted by atomic mass is 9.91. The predicted molar refractivity (Wildman–Crippen MR) is 66.3 cm³/mol. The number of para-hydroxylation sites is 1. The summed E-state index contributed by atoms with van der Waals surface area (Å²) in [6.45, 7) is 6.72. The summed E-state index contributed by atoms with van der Waals surface area (Å²) >= 11 is 0. The van der Waals surface area contributed by atoms with Gasteiger partial charge in [-0.2, -0.15) is 5.26 Å². The normalized spacial score (nSPS) is 25.2. The van der Waals surface area contributed by atoms with E-state index in [1.165, 1.54) is 6.42 Å². The Morgan fingerprint density at radius 1 is 1.19 bits per heavy atom. The molecule has 1 aliphatic rings. The summed E-state index contributed by atoms with van der Waals surface area (Å²) < 4.78 is 0. The van der Waals surface area contributed by atoms with Crippen LogP contribution in [0.1, 0.15) is 25.8 Å². The van der Waals surface area contributed by atoms with Crippen molar-refractivity contribution in [2.24, 2.45) is 11.8 Å². The molecule has 0 bridgehead atoms. The Bertz CT molecular complexity index is 395. The van der Waals surface area contributed by atoms with Crippen molar-refractivity contribution >= 4 is 5.69 Å². The van der Waals surface area contributed by atoms with Crippen molar-refractivity contribution in [3.8, 4) is 6.07 Å². The maximum absolute atomic E-state index is 9.10. The SMILES string of the molecule is CC1CC(C)CN(c2ccccc2C#N)C1. The Morgan fingerprint density at radius 3 is 2.44 bits per heavy atom. The van der Waals surface area contributed by atoms with E-state index in [-0.39, 0.29) is 0 Å². The minimum Gasteiger partial charge on any atom is -0.370 e. The molecule has 0 N–H and O–H groups in total. The van der Waals surface area contributed by atoms with E-state index in [4.69, 9.17) is 5.26 Å². The number of hydrogen-bond donors (Lipinski definition) is 0. The lowest BCUT2D eigenvalue weighted by Crippen LogP contribution is -2.39. The summed E-state index contributed by atoms with van der Waals surface area (Å²) in [7, 11) is 0. The van der Waals surface area contributed by atoms with Crippen LogP contribution >= 0.6 is 0 Å². The Morgan fingerprint density at radius 2 is 1.81 bits per heavy atom. The Labute approximate surface area is 97.5 Å². The topological polar surface area (TPSA) is 27.0 Å². The zero-order chi connectivity index (χ0) is 11.5. The first-order chi connectivity index (χ1) is 7.70. The number of nitrogens with zero attached hydrogens (tertiary/aromatic N) is 2. The number of piperidine rings is 1. The third-order valence-electron chi connectivity index (χ3n) is 3.23. The van der Waals surface area contributed by atoms with E-state index in [9.17, 15) is 0 Å². The number of nitriles is 1. The van der Waals surface area contributed by atoms with Crippen molar-refractivity contribution in [1.29, 1.82) is 5.26 Å². The van der Waals surface area contributed by atoms with E-state index in [0.717, 1.165) is 36.2 Å². The van der Waals surface area contributed by atoms with E-state index in [1.54, 1.807) is 0 Å². The summed E-state index contributed by atoms with van der Waals surface area (Å²) in [5, 5.41) is 9.10. The quantitative estimate of drug-likeness (QED) is 0.718. The van der Waals surface area contributed by atoms with Gasteiger partial charge in [-0.25, -0.2) is 0 Å². The van der Waals surface area contributed by atoms with E-state index >= 15 is 0 Å². The molecule has 84 valence electrons. The zero-order valence-corrected chi connectivity index (χ0v) is 9.98. The van der Waals surface area contributed by atoms with Gasteiger partial charge in [-0.05, 0) is 30.4 Å². The highest BCUT2D eigenvalue weighted by Gasteiger charge is 2.23. The summed E-state index contributed by atoms with van der Waals surface area (Å²) in [6, 6.07) is 10.2. The predicted octanol–water partition coefficient (Wildman–Crippen LogP) is 3.04. The van der Waals surface area contributed by atoms with Crippen LogP contribution in [0.5, 0.6) is 0 Å². The fourth-order valence-corrected chi connectivity index (χ4v) is 2.70. The van der Waals surface area contributed by atoms with Gasteiger partial charge < -0.3 is 4.90 Å². The number of benzene rings is 1. The van der Waals surface area contributed by atoms with Crippen LogP contribution in [-0.2, 0) is 0 Å². The Balaban J connectivity index is 2.26. The Hall–Kier alpha value is -1.49. The molecule has 0 amide bonds. The fourth-order valence-electron chi connectivity index (χ4n) is 2.70. The summed E-state index contributed by atoms with van der Waals surface area (Å²) in [6.07, 6.45) is 1.30. The van der Waals surface area contributed by atoms with Crippen molar-refractivity contribution in [2.45, 2.75) is 20.3 Å². The average molecular weight is 214 g/mol. The van der Waals surface area contributed by atoms with Crippen molar-refractivity contribution in [2.75, 3.05) is 18.0 Å². The molecule has 1 heterocycles. The Kier molecular flexibility index (Phi) is 3.14. The van der Waals surface area contributed by atoms with Gasteiger partial charge >= 0.3 is 0 Å². The van der Waals surface area contributed by atoms with Crippen molar-refractivity contribution in [3.05, 3.63) is 29.8 Å². The molecular formula is C14H18N2. The van der Waals surface area contributed by atoms with Crippen LogP contribution in [0.15, 0.2) is 24.3 Å². The van der Waals surface area contributed by atoms with Gasteiger partial charge in [0, 0.05) is 13.1 Å². The van der Waals surface area contributed by atoms with Crippen molar-refractivity contribution in [3.63, 3.8) is 0 Å². The third kappa shape index (κ3) is 2.19. The van der Waals surface area contributed by atoms with Crippen LogP contribution < -0.4 is 4.90 Å². The molecule has 1 aromatic rings. The average Bonchev–Trinajstić information content (AvgIpc) is 2.27. The van der Waals surface area contributed by atoms with Crippen molar-refractivity contribution < 1.29 is 0 Å². The van der Waals surface area contributed by atoms with Gasteiger partial charge in [0.1, 0.15) is 6.07 Å². The molecule has 1 saturated heterocycles. The largest absolute Gasteiger partial charge is 0.370 e. The highest BCUT2D eigenvalue weighted by Crippen LogP contribution is 2.28. The van der Waals surface area contributed by atoms with Crippen LogP contribution in [0, 0.1) is 23.2 Å². The molecule has 0 aromatic heterocycles. The number of rotatable bonds is 1. The van der Waals surface area contributed by atoms with E-state index < -0.39 is 0 Å². The standard InChI is InChI=1S/C14H18N2/c1-11-7-12(2)10-16(9-11)14-6-4-3-5-13(14)8-15/h3-6,11-12H,7,9-10H2,1-2H3. The van der Waals surface area contributed by atoms with Crippen LogP contribution in [0.4, 0.5) is 5.69 Å². The van der Waals surface area contributed by atoms with Crippen molar-refractivity contribution in [1.82, 2.24) is 0 Å². The first-order valence-corrected chi connectivity index (χ1v) is 5.94. The van der Waals surface area contributed by atoms with E-state index in [1.807, 2.05) is 18.2 Å². The molecule has 2 atom stereocenters. The maximum Gasteiger partial charge on any atom is 0.101 e. The zero-order valence-electron chi connectivity index (χ0n) is 9.98. The van der Waals surface area contributed by atoms with Gasteiger partial charge in [-0.15, -0.1) is 0 Å². The fraction of sp³-hybridized carbons (Fsp3) is 0.500. The lowest BCUT2D eigenvalue weighted by molar-refractivity contribution is 0.357. The minimum absolute atomic E-state index is 0.718. The third-order valence-corrected chi connectivity index (χ3v) is 3.23. The van der Waals surface area contributed by atoms with Crippen LogP contribution in [0.3, 0.4) is 0 Å². The molecule has 1 fully saturated rings. The highest BCUT2D eigenvalue weighted by atomic mass is 15.1. The molecule has 1 aliphatic heterocycles. The molecule has 0 spiro atoms. The van der Waals surface area contributed by atoms with E-state index in [0.29, 0.717) is 0 Å². The second-order valence-electron chi connectivity index (χ2n) is 4.98. The number of anilines is 1. The molecule has 2 nitrogen and oxygen atoms in total. The number of hydrogen-bond acceptors (Lipinski definition) is 2. The molecule has 0 aliphatic carbocycles. The van der Waals surface area contributed by atoms with Crippen LogP contribution in [-0.4, -0.2) is 13.1 Å². The van der Waals surface area contributed by atoms with Gasteiger partial charge in [0.2, 0.25) is 0 Å². The van der Waals surface area contributed by atoms with Gasteiger partial charge in [0.15, 0.2) is 0 Å². The first kappa shape index (κ1) is 11.0.